The van der Waals surface area contributed by atoms with Crippen LogP contribution in [0.25, 0.3) is 22.4 Å². The van der Waals surface area contributed by atoms with Crippen LogP contribution in [-0.4, -0.2) is 33.0 Å². The standard InChI is InChI=1S/C26H25BrN2OS2/c1-31-24-9-5-6-14-26(24,30)17-32-25-22(16-28)21(18-7-3-2-4-8-18)15-23(29-25)19-10-12-20(27)13-11-19/h2-4,7-8,10-13,15,24,30H,5-6,9,14,17H2,1H3. The summed E-state index contributed by atoms with van der Waals surface area (Å²) in [7, 11) is 0. The number of aromatic nitrogens is 1. The third kappa shape index (κ3) is 5.07. The quantitative estimate of drug-likeness (QED) is 0.346. The highest BCUT2D eigenvalue weighted by Gasteiger charge is 2.38. The maximum Gasteiger partial charge on any atom is 0.115 e. The van der Waals surface area contributed by atoms with E-state index < -0.39 is 5.60 Å². The van der Waals surface area contributed by atoms with E-state index >= 15 is 0 Å². The summed E-state index contributed by atoms with van der Waals surface area (Å²) in [4.78, 5) is 4.90. The second-order valence-electron chi connectivity index (χ2n) is 8.08. The minimum Gasteiger partial charge on any atom is -0.388 e. The van der Waals surface area contributed by atoms with Gasteiger partial charge in [-0.25, -0.2) is 4.98 Å². The van der Waals surface area contributed by atoms with Gasteiger partial charge < -0.3 is 5.11 Å². The summed E-state index contributed by atoms with van der Waals surface area (Å²) in [5.74, 6) is 0.540. The summed E-state index contributed by atoms with van der Waals surface area (Å²) in [6, 6.07) is 22.4. The van der Waals surface area contributed by atoms with E-state index in [1.807, 2.05) is 60.7 Å². The summed E-state index contributed by atoms with van der Waals surface area (Å²) >= 11 is 6.75. The van der Waals surface area contributed by atoms with Crippen LogP contribution in [0.1, 0.15) is 31.2 Å². The lowest BCUT2D eigenvalue weighted by Gasteiger charge is -2.38. The monoisotopic (exact) mass is 524 g/mol. The molecule has 1 aliphatic carbocycles. The summed E-state index contributed by atoms with van der Waals surface area (Å²) < 4.78 is 1.01. The SMILES string of the molecule is CSC1CCCCC1(O)CSc1nc(-c2ccc(Br)cc2)cc(-c2ccccc2)c1C#N. The number of hydrogen-bond donors (Lipinski definition) is 1. The summed E-state index contributed by atoms with van der Waals surface area (Å²) in [5.41, 5.74) is 3.52. The zero-order valence-corrected chi connectivity index (χ0v) is 21.1. The van der Waals surface area contributed by atoms with E-state index in [0.717, 1.165) is 52.5 Å². The van der Waals surface area contributed by atoms with E-state index in [1.54, 1.807) is 11.8 Å². The molecule has 1 heterocycles. The highest BCUT2D eigenvalue weighted by molar-refractivity contribution is 9.10. The van der Waals surface area contributed by atoms with Crippen LogP contribution in [0.5, 0.6) is 0 Å². The van der Waals surface area contributed by atoms with Crippen molar-refractivity contribution in [2.24, 2.45) is 0 Å². The molecule has 0 aliphatic heterocycles. The van der Waals surface area contributed by atoms with Gasteiger partial charge in [0.25, 0.3) is 0 Å². The molecule has 1 aliphatic rings. The Bertz CT molecular complexity index is 1120. The molecule has 1 aromatic heterocycles. The number of pyridine rings is 1. The molecule has 1 N–H and O–H groups in total. The van der Waals surface area contributed by atoms with E-state index in [1.165, 1.54) is 11.8 Å². The van der Waals surface area contributed by atoms with Crippen molar-refractivity contribution in [3.05, 3.63) is 70.7 Å². The number of thioether (sulfide) groups is 2. The largest absolute Gasteiger partial charge is 0.388 e. The maximum absolute atomic E-state index is 11.4. The number of nitrogens with zero attached hydrogens (tertiary/aromatic N) is 2. The number of halogens is 1. The van der Waals surface area contributed by atoms with Gasteiger partial charge in [-0.1, -0.05) is 71.2 Å². The van der Waals surface area contributed by atoms with Crippen LogP contribution >= 0.6 is 39.5 Å². The summed E-state index contributed by atoms with van der Waals surface area (Å²) in [6.07, 6.45) is 6.11. The van der Waals surface area contributed by atoms with Gasteiger partial charge in [0.1, 0.15) is 11.1 Å². The number of nitriles is 1. The molecule has 32 heavy (non-hydrogen) atoms. The summed E-state index contributed by atoms with van der Waals surface area (Å²) in [6.45, 7) is 0. The topological polar surface area (TPSA) is 56.9 Å². The van der Waals surface area contributed by atoms with Crippen molar-refractivity contribution in [2.45, 2.75) is 41.6 Å². The predicted molar refractivity (Wildman–Crippen MR) is 139 cm³/mol. The Morgan fingerprint density at radius 2 is 1.88 bits per heavy atom. The molecule has 1 fully saturated rings. The second kappa shape index (κ2) is 10.4. The van der Waals surface area contributed by atoms with Crippen LogP contribution < -0.4 is 0 Å². The van der Waals surface area contributed by atoms with Gasteiger partial charge in [0.05, 0.1) is 16.9 Å². The van der Waals surface area contributed by atoms with Crippen molar-refractivity contribution in [3.8, 4) is 28.5 Å². The van der Waals surface area contributed by atoms with Gasteiger partial charge in [0, 0.05) is 26.6 Å². The average Bonchev–Trinajstić information content (AvgIpc) is 2.83. The van der Waals surface area contributed by atoms with Crippen LogP contribution in [-0.2, 0) is 0 Å². The van der Waals surface area contributed by atoms with Crippen molar-refractivity contribution in [1.29, 1.82) is 5.26 Å². The fourth-order valence-corrected chi connectivity index (χ4v) is 6.84. The molecule has 0 saturated heterocycles. The molecule has 2 aromatic carbocycles. The Morgan fingerprint density at radius 3 is 2.56 bits per heavy atom. The molecule has 6 heteroatoms. The third-order valence-corrected chi connectivity index (χ3v) is 8.98. The van der Waals surface area contributed by atoms with E-state index in [9.17, 15) is 10.4 Å². The zero-order chi connectivity index (χ0) is 22.6. The van der Waals surface area contributed by atoms with Gasteiger partial charge in [-0.3, -0.25) is 0 Å². The van der Waals surface area contributed by atoms with E-state index in [-0.39, 0.29) is 5.25 Å². The van der Waals surface area contributed by atoms with Gasteiger partial charge in [-0.2, -0.15) is 17.0 Å². The average molecular weight is 526 g/mol. The van der Waals surface area contributed by atoms with Crippen LogP contribution in [0.15, 0.2) is 70.2 Å². The van der Waals surface area contributed by atoms with Crippen LogP contribution in [0.3, 0.4) is 0 Å². The van der Waals surface area contributed by atoms with Gasteiger partial charge in [0.15, 0.2) is 0 Å². The Balaban J connectivity index is 1.77. The Hall–Kier alpha value is -1.78. The number of rotatable bonds is 6. The molecule has 164 valence electrons. The van der Waals surface area contributed by atoms with Crippen molar-refractivity contribution in [2.75, 3.05) is 12.0 Å². The van der Waals surface area contributed by atoms with Gasteiger partial charge in [0.2, 0.25) is 0 Å². The molecule has 2 unspecified atom stereocenters. The van der Waals surface area contributed by atoms with Crippen LogP contribution in [0, 0.1) is 11.3 Å². The van der Waals surface area contributed by atoms with Crippen molar-refractivity contribution < 1.29 is 5.11 Å². The summed E-state index contributed by atoms with van der Waals surface area (Å²) in [5, 5.41) is 22.4. The lowest BCUT2D eigenvalue weighted by Crippen LogP contribution is -2.45. The van der Waals surface area contributed by atoms with E-state index in [0.29, 0.717) is 16.3 Å². The molecular weight excluding hydrogens is 500 g/mol. The predicted octanol–water partition coefficient (Wildman–Crippen LogP) is 7.18. The number of aliphatic hydroxyl groups is 1. The van der Waals surface area contributed by atoms with E-state index in [2.05, 4.69) is 28.3 Å². The second-order valence-corrected chi connectivity index (χ2v) is 11.0. The molecular formula is C26H25BrN2OS2. The first kappa shape index (κ1) is 23.4. The third-order valence-electron chi connectivity index (χ3n) is 5.99. The van der Waals surface area contributed by atoms with E-state index in [4.69, 9.17) is 4.98 Å². The minimum absolute atomic E-state index is 0.220. The van der Waals surface area contributed by atoms with Gasteiger partial charge in [-0.05, 0) is 42.9 Å². The zero-order valence-electron chi connectivity index (χ0n) is 17.9. The molecule has 0 radical (unpaired) electrons. The van der Waals surface area contributed by atoms with Crippen molar-refractivity contribution in [1.82, 2.24) is 4.98 Å². The van der Waals surface area contributed by atoms with Gasteiger partial charge in [-0.15, -0.1) is 11.8 Å². The molecule has 3 nitrogen and oxygen atoms in total. The fraction of sp³-hybridized carbons (Fsp3) is 0.308. The van der Waals surface area contributed by atoms with Crippen molar-refractivity contribution in [3.63, 3.8) is 0 Å². The molecule has 1 saturated carbocycles. The number of benzene rings is 2. The Labute approximate surface area is 206 Å². The Kier molecular flexibility index (Phi) is 7.63. The first-order valence-electron chi connectivity index (χ1n) is 10.7. The fourth-order valence-electron chi connectivity index (χ4n) is 4.23. The van der Waals surface area contributed by atoms with Crippen molar-refractivity contribution >= 4 is 39.5 Å². The molecule has 3 aromatic rings. The van der Waals surface area contributed by atoms with Gasteiger partial charge >= 0.3 is 0 Å². The van der Waals surface area contributed by atoms with Crippen LogP contribution in [0.2, 0.25) is 0 Å². The smallest absolute Gasteiger partial charge is 0.115 e. The highest BCUT2D eigenvalue weighted by atomic mass is 79.9. The first-order valence-corrected chi connectivity index (χ1v) is 13.8. The highest BCUT2D eigenvalue weighted by Crippen LogP contribution is 2.41. The Morgan fingerprint density at radius 1 is 1.12 bits per heavy atom. The first-order chi connectivity index (χ1) is 15.5. The molecule has 0 amide bonds. The molecule has 4 rings (SSSR count). The lowest BCUT2D eigenvalue weighted by molar-refractivity contribution is 0.0340. The molecule has 0 bridgehead atoms. The minimum atomic E-state index is -0.739. The molecule has 2 atom stereocenters. The lowest BCUT2D eigenvalue weighted by atomic mass is 9.86. The van der Waals surface area contributed by atoms with Crippen LogP contribution in [0.4, 0.5) is 0 Å². The normalized spacial score (nSPS) is 20.6. The number of hydrogen-bond acceptors (Lipinski definition) is 5. The maximum atomic E-state index is 11.4. The molecule has 0 spiro atoms.